The van der Waals surface area contributed by atoms with Crippen molar-refractivity contribution in [3.8, 4) is 0 Å². The van der Waals surface area contributed by atoms with Gasteiger partial charge in [0, 0.05) is 18.8 Å². The minimum absolute atomic E-state index is 0.343. The van der Waals surface area contributed by atoms with Crippen molar-refractivity contribution in [2.24, 2.45) is 11.3 Å². The van der Waals surface area contributed by atoms with Crippen LogP contribution in [0.2, 0.25) is 0 Å². The van der Waals surface area contributed by atoms with E-state index in [9.17, 15) is 4.79 Å². The van der Waals surface area contributed by atoms with Crippen LogP contribution >= 0.6 is 0 Å². The van der Waals surface area contributed by atoms with Crippen LogP contribution in [0.15, 0.2) is 24.3 Å². The largest absolute Gasteiger partial charge is 0.478 e. The Balaban J connectivity index is 2.08. The molecule has 0 radical (unpaired) electrons. The predicted octanol–water partition coefficient (Wildman–Crippen LogP) is 3.26. The van der Waals surface area contributed by atoms with E-state index in [0.29, 0.717) is 16.9 Å². The normalized spacial score (nSPS) is 20.2. The first-order valence-electron chi connectivity index (χ1n) is 6.46. The number of rotatable bonds is 2. The van der Waals surface area contributed by atoms with Crippen LogP contribution in [0.3, 0.4) is 0 Å². The Morgan fingerprint density at radius 2 is 1.89 bits per heavy atom. The number of carbonyl (C=O) groups is 1. The zero-order valence-corrected chi connectivity index (χ0v) is 11.3. The first-order valence-corrected chi connectivity index (χ1v) is 6.46. The molecule has 3 nitrogen and oxygen atoms in total. The van der Waals surface area contributed by atoms with E-state index in [1.165, 1.54) is 6.42 Å². The molecule has 0 aromatic heterocycles. The summed E-state index contributed by atoms with van der Waals surface area (Å²) in [5, 5.41) is 8.88. The number of nitrogens with zero attached hydrogens (tertiary/aromatic N) is 1. The summed E-state index contributed by atoms with van der Waals surface area (Å²) < 4.78 is 0. The van der Waals surface area contributed by atoms with E-state index in [-0.39, 0.29) is 0 Å². The summed E-state index contributed by atoms with van der Waals surface area (Å²) in [4.78, 5) is 13.2. The van der Waals surface area contributed by atoms with Gasteiger partial charge in [0.25, 0.3) is 0 Å². The van der Waals surface area contributed by atoms with E-state index in [2.05, 4.69) is 25.7 Å². The number of carboxylic acids is 1. The second-order valence-electron chi connectivity index (χ2n) is 6.15. The molecule has 3 heteroatoms. The minimum atomic E-state index is -0.865. The Bertz CT molecular complexity index is 431. The van der Waals surface area contributed by atoms with Crippen molar-refractivity contribution < 1.29 is 9.90 Å². The Labute approximate surface area is 108 Å². The van der Waals surface area contributed by atoms with E-state index >= 15 is 0 Å². The lowest BCUT2D eigenvalue weighted by molar-refractivity contribution is 0.0697. The zero-order valence-electron chi connectivity index (χ0n) is 11.3. The third-order valence-electron chi connectivity index (χ3n) is 3.89. The Morgan fingerprint density at radius 3 is 2.33 bits per heavy atom. The van der Waals surface area contributed by atoms with Gasteiger partial charge in [-0.2, -0.15) is 0 Å². The monoisotopic (exact) mass is 247 g/mol. The molecule has 0 spiro atoms. The number of hydrogen-bond acceptors (Lipinski definition) is 2. The number of aromatic carboxylic acids is 1. The van der Waals surface area contributed by atoms with E-state index in [4.69, 9.17) is 5.11 Å². The number of carboxylic acid groups (broad SMARTS) is 1. The van der Waals surface area contributed by atoms with Gasteiger partial charge in [0.15, 0.2) is 0 Å². The molecule has 1 aromatic carbocycles. The molecule has 1 saturated heterocycles. The van der Waals surface area contributed by atoms with Gasteiger partial charge in [-0.25, -0.2) is 4.79 Å². The van der Waals surface area contributed by atoms with Crippen molar-refractivity contribution in [2.45, 2.75) is 27.2 Å². The molecule has 0 aliphatic carbocycles. The highest BCUT2D eigenvalue weighted by molar-refractivity contribution is 5.88. The zero-order chi connectivity index (χ0) is 13.3. The van der Waals surface area contributed by atoms with Crippen molar-refractivity contribution in [1.82, 2.24) is 0 Å². The second kappa shape index (κ2) is 4.63. The van der Waals surface area contributed by atoms with Gasteiger partial charge in [-0.15, -0.1) is 0 Å². The highest BCUT2D eigenvalue weighted by atomic mass is 16.4. The summed E-state index contributed by atoms with van der Waals surface area (Å²) in [6.45, 7) is 8.99. The third-order valence-corrected chi connectivity index (χ3v) is 3.89. The molecule has 0 saturated carbocycles. The average Bonchev–Trinajstić information content (AvgIpc) is 2.78. The lowest BCUT2D eigenvalue weighted by Crippen LogP contribution is -2.25. The summed E-state index contributed by atoms with van der Waals surface area (Å²) in [6, 6.07) is 7.19. The molecule has 1 unspecified atom stereocenters. The molecule has 1 aromatic rings. The van der Waals surface area contributed by atoms with Crippen molar-refractivity contribution in [3.63, 3.8) is 0 Å². The maximum absolute atomic E-state index is 10.8. The van der Waals surface area contributed by atoms with Crippen LogP contribution in [0.4, 0.5) is 5.69 Å². The van der Waals surface area contributed by atoms with Gasteiger partial charge in [-0.3, -0.25) is 0 Å². The van der Waals surface area contributed by atoms with Crippen molar-refractivity contribution in [2.75, 3.05) is 18.0 Å². The smallest absolute Gasteiger partial charge is 0.335 e. The average molecular weight is 247 g/mol. The van der Waals surface area contributed by atoms with E-state index in [1.54, 1.807) is 12.1 Å². The summed E-state index contributed by atoms with van der Waals surface area (Å²) >= 11 is 0. The number of benzene rings is 1. The summed E-state index contributed by atoms with van der Waals surface area (Å²) in [5.41, 5.74) is 1.83. The fourth-order valence-corrected chi connectivity index (χ4v) is 2.52. The molecule has 1 aliphatic rings. The molecule has 1 aliphatic heterocycles. The first kappa shape index (κ1) is 12.9. The van der Waals surface area contributed by atoms with Crippen LogP contribution in [-0.4, -0.2) is 24.2 Å². The van der Waals surface area contributed by atoms with Crippen molar-refractivity contribution >= 4 is 11.7 Å². The summed E-state index contributed by atoms with van der Waals surface area (Å²) in [7, 11) is 0. The van der Waals surface area contributed by atoms with Crippen LogP contribution in [0, 0.1) is 11.3 Å². The summed E-state index contributed by atoms with van der Waals surface area (Å²) in [6.07, 6.45) is 1.21. The van der Waals surface area contributed by atoms with Gasteiger partial charge < -0.3 is 10.0 Å². The Hall–Kier alpha value is -1.51. The van der Waals surface area contributed by atoms with Crippen LogP contribution < -0.4 is 4.90 Å². The highest BCUT2D eigenvalue weighted by Gasteiger charge is 2.31. The van der Waals surface area contributed by atoms with E-state index in [0.717, 1.165) is 18.8 Å². The van der Waals surface area contributed by atoms with Crippen LogP contribution in [0.25, 0.3) is 0 Å². The molecular formula is C15H21NO2. The number of hydrogen-bond donors (Lipinski definition) is 1. The molecule has 1 heterocycles. The van der Waals surface area contributed by atoms with Gasteiger partial charge in [0.2, 0.25) is 0 Å². The number of anilines is 1. The SMILES string of the molecule is CC(C)(C)C1CCN(c2ccc(C(=O)O)cc2)C1. The van der Waals surface area contributed by atoms with E-state index in [1.807, 2.05) is 12.1 Å². The molecule has 1 atom stereocenters. The van der Waals surface area contributed by atoms with Gasteiger partial charge in [0.05, 0.1) is 5.56 Å². The fourth-order valence-electron chi connectivity index (χ4n) is 2.52. The molecule has 1 N–H and O–H groups in total. The van der Waals surface area contributed by atoms with E-state index < -0.39 is 5.97 Å². The molecule has 0 amide bonds. The van der Waals surface area contributed by atoms with Crippen molar-refractivity contribution in [3.05, 3.63) is 29.8 Å². The molecule has 98 valence electrons. The standard InChI is InChI=1S/C15H21NO2/c1-15(2,3)12-8-9-16(10-12)13-6-4-11(5-7-13)14(17)18/h4-7,12H,8-10H2,1-3H3,(H,17,18). The quantitative estimate of drug-likeness (QED) is 0.872. The van der Waals surface area contributed by atoms with Gasteiger partial charge in [-0.05, 0) is 42.0 Å². The Morgan fingerprint density at radius 1 is 1.28 bits per heavy atom. The van der Waals surface area contributed by atoms with Crippen molar-refractivity contribution in [1.29, 1.82) is 0 Å². The molecular weight excluding hydrogens is 226 g/mol. The van der Waals surface area contributed by atoms with Gasteiger partial charge >= 0.3 is 5.97 Å². The molecule has 2 rings (SSSR count). The lowest BCUT2D eigenvalue weighted by Gasteiger charge is -2.27. The molecule has 0 bridgehead atoms. The van der Waals surface area contributed by atoms with Crippen LogP contribution in [0.1, 0.15) is 37.6 Å². The summed E-state index contributed by atoms with van der Waals surface area (Å²) in [5.74, 6) is -0.160. The maximum atomic E-state index is 10.8. The highest BCUT2D eigenvalue weighted by Crippen LogP contribution is 2.35. The maximum Gasteiger partial charge on any atom is 0.335 e. The molecule has 1 fully saturated rings. The fraction of sp³-hybridized carbons (Fsp3) is 0.533. The second-order valence-corrected chi connectivity index (χ2v) is 6.15. The topological polar surface area (TPSA) is 40.5 Å². The molecule has 18 heavy (non-hydrogen) atoms. The minimum Gasteiger partial charge on any atom is -0.478 e. The Kier molecular flexibility index (Phi) is 3.33. The van der Waals surface area contributed by atoms with Gasteiger partial charge in [-0.1, -0.05) is 20.8 Å². The lowest BCUT2D eigenvalue weighted by atomic mass is 9.80. The predicted molar refractivity (Wildman–Crippen MR) is 73.2 cm³/mol. The van der Waals surface area contributed by atoms with Crippen LogP contribution in [0.5, 0.6) is 0 Å². The van der Waals surface area contributed by atoms with Gasteiger partial charge in [0.1, 0.15) is 0 Å². The first-order chi connectivity index (χ1) is 8.38. The third kappa shape index (κ3) is 2.66. The van der Waals surface area contributed by atoms with Crippen LogP contribution in [-0.2, 0) is 0 Å².